The third-order valence-corrected chi connectivity index (χ3v) is 2.63. The van der Waals surface area contributed by atoms with Crippen LogP contribution in [-0.2, 0) is 12.8 Å². The van der Waals surface area contributed by atoms with Gasteiger partial charge in [-0.2, -0.15) is 0 Å². The molecule has 0 saturated heterocycles. The molecule has 72 valence electrons. The first kappa shape index (κ1) is 10.9. The summed E-state index contributed by atoms with van der Waals surface area (Å²) in [5, 5.41) is 0.825. The molecule has 0 nitrogen and oxygen atoms in total. The second-order valence-electron chi connectivity index (χ2n) is 3.06. The third kappa shape index (κ3) is 3.21. The van der Waals surface area contributed by atoms with Gasteiger partial charge in [-0.25, -0.2) is 0 Å². The van der Waals surface area contributed by atoms with Crippen molar-refractivity contribution in [2.24, 2.45) is 0 Å². The van der Waals surface area contributed by atoms with Crippen molar-refractivity contribution in [2.75, 3.05) is 5.88 Å². The normalized spacial score (nSPS) is 10.4. The maximum absolute atomic E-state index is 5.90. The molecule has 0 aliphatic carbocycles. The zero-order valence-corrected chi connectivity index (χ0v) is 9.33. The molecule has 0 saturated carbocycles. The molecule has 0 bridgehead atoms. The second kappa shape index (κ2) is 5.51. The van der Waals surface area contributed by atoms with Gasteiger partial charge in [0.2, 0.25) is 0 Å². The van der Waals surface area contributed by atoms with Gasteiger partial charge in [-0.05, 0) is 42.5 Å². The number of hydrogen-bond acceptors (Lipinski definition) is 0. The molecule has 0 heterocycles. The maximum atomic E-state index is 5.90. The Bertz CT molecular complexity index is 269. The predicted octanol–water partition coefficient (Wildman–Crippen LogP) is 4.07. The van der Waals surface area contributed by atoms with Gasteiger partial charge in [0.1, 0.15) is 0 Å². The molecule has 0 amide bonds. The summed E-state index contributed by atoms with van der Waals surface area (Å²) in [5.74, 6) is 0.728. The van der Waals surface area contributed by atoms with E-state index in [1.54, 1.807) is 0 Å². The molecule has 0 fully saturated rings. The minimum atomic E-state index is 0.728. The van der Waals surface area contributed by atoms with Crippen LogP contribution in [0.2, 0.25) is 5.02 Å². The van der Waals surface area contributed by atoms with Crippen LogP contribution >= 0.6 is 23.2 Å². The van der Waals surface area contributed by atoms with Gasteiger partial charge in [0.25, 0.3) is 0 Å². The fourth-order valence-corrected chi connectivity index (χ4v) is 1.75. The van der Waals surface area contributed by atoms with Gasteiger partial charge in [-0.1, -0.05) is 24.6 Å². The maximum Gasteiger partial charge on any atom is 0.0408 e. The van der Waals surface area contributed by atoms with Crippen molar-refractivity contribution in [1.82, 2.24) is 0 Å². The SMILES string of the molecule is CCc1cc(Cl)ccc1CCCCl. The molecular formula is C11H14Cl2. The topological polar surface area (TPSA) is 0 Å². The zero-order chi connectivity index (χ0) is 9.68. The summed E-state index contributed by atoms with van der Waals surface area (Å²) in [6, 6.07) is 6.10. The lowest BCUT2D eigenvalue weighted by atomic mass is 10.0. The molecule has 2 heteroatoms. The van der Waals surface area contributed by atoms with Crippen LogP contribution in [-0.4, -0.2) is 5.88 Å². The van der Waals surface area contributed by atoms with E-state index in [0.29, 0.717) is 0 Å². The molecule has 0 aliphatic heterocycles. The first-order chi connectivity index (χ1) is 6.27. The van der Waals surface area contributed by atoms with E-state index in [2.05, 4.69) is 13.0 Å². The van der Waals surface area contributed by atoms with Crippen molar-refractivity contribution < 1.29 is 0 Å². The Morgan fingerprint density at radius 1 is 1.23 bits per heavy atom. The Balaban J connectivity index is 2.79. The molecule has 0 spiro atoms. The van der Waals surface area contributed by atoms with Crippen molar-refractivity contribution in [3.8, 4) is 0 Å². The molecule has 0 atom stereocenters. The number of halogens is 2. The number of aryl methyl sites for hydroxylation is 2. The first-order valence-electron chi connectivity index (χ1n) is 4.61. The summed E-state index contributed by atoms with van der Waals surface area (Å²) in [4.78, 5) is 0. The minimum Gasteiger partial charge on any atom is -0.127 e. The summed E-state index contributed by atoms with van der Waals surface area (Å²) in [7, 11) is 0. The van der Waals surface area contributed by atoms with Crippen molar-refractivity contribution in [1.29, 1.82) is 0 Å². The first-order valence-corrected chi connectivity index (χ1v) is 5.52. The number of hydrogen-bond donors (Lipinski definition) is 0. The van der Waals surface area contributed by atoms with Crippen LogP contribution in [0.25, 0.3) is 0 Å². The molecule has 0 aromatic heterocycles. The number of rotatable bonds is 4. The van der Waals surface area contributed by atoms with E-state index in [4.69, 9.17) is 23.2 Å². The number of benzene rings is 1. The monoisotopic (exact) mass is 216 g/mol. The smallest absolute Gasteiger partial charge is 0.0408 e. The molecule has 0 radical (unpaired) electrons. The fourth-order valence-electron chi connectivity index (χ4n) is 1.42. The van der Waals surface area contributed by atoms with Gasteiger partial charge < -0.3 is 0 Å². The molecule has 1 rings (SSSR count). The van der Waals surface area contributed by atoms with E-state index < -0.39 is 0 Å². The highest BCUT2D eigenvalue weighted by atomic mass is 35.5. The van der Waals surface area contributed by atoms with Crippen LogP contribution in [0, 0.1) is 0 Å². The van der Waals surface area contributed by atoms with Crippen molar-refractivity contribution in [2.45, 2.75) is 26.2 Å². The largest absolute Gasteiger partial charge is 0.127 e. The lowest BCUT2D eigenvalue weighted by molar-refractivity contribution is 0.905. The van der Waals surface area contributed by atoms with Crippen molar-refractivity contribution in [3.63, 3.8) is 0 Å². The highest BCUT2D eigenvalue weighted by molar-refractivity contribution is 6.30. The summed E-state index contributed by atoms with van der Waals surface area (Å²) < 4.78 is 0. The zero-order valence-electron chi connectivity index (χ0n) is 7.82. The summed E-state index contributed by atoms with van der Waals surface area (Å²) in [6.45, 7) is 2.15. The lowest BCUT2D eigenvalue weighted by Gasteiger charge is -2.06. The van der Waals surface area contributed by atoms with Crippen LogP contribution in [0.3, 0.4) is 0 Å². The summed E-state index contributed by atoms with van der Waals surface area (Å²) in [5.41, 5.74) is 2.73. The second-order valence-corrected chi connectivity index (χ2v) is 3.87. The Labute approximate surface area is 89.9 Å². The third-order valence-electron chi connectivity index (χ3n) is 2.13. The van der Waals surface area contributed by atoms with Gasteiger partial charge in [0, 0.05) is 10.9 Å². The van der Waals surface area contributed by atoms with Gasteiger partial charge in [-0.15, -0.1) is 11.6 Å². The average Bonchev–Trinajstić information content (AvgIpc) is 2.16. The van der Waals surface area contributed by atoms with Gasteiger partial charge in [0.15, 0.2) is 0 Å². The van der Waals surface area contributed by atoms with Crippen LogP contribution in [0.5, 0.6) is 0 Å². The quantitative estimate of drug-likeness (QED) is 0.666. The van der Waals surface area contributed by atoms with Crippen LogP contribution in [0.1, 0.15) is 24.5 Å². The van der Waals surface area contributed by atoms with E-state index in [1.807, 2.05) is 12.1 Å². The molecule has 0 aliphatic rings. The van der Waals surface area contributed by atoms with E-state index in [0.717, 1.165) is 30.2 Å². The molecule has 0 unspecified atom stereocenters. The van der Waals surface area contributed by atoms with Crippen LogP contribution < -0.4 is 0 Å². The van der Waals surface area contributed by atoms with Gasteiger partial charge in [-0.3, -0.25) is 0 Å². The fraction of sp³-hybridized carbons (Fsp3) is 0.455. The Hall–Kier alpha value is -0.200. The van der Waals surface area contributed by atoms with Crippen LogP contribution in [0.4, 0.5) is 0 Å². The van der Waals surface area contributed by atoms with E-state index in [9.17, 15) is 0 Å². The molecule has 1 aromatic carbocycles. The number of alkyl halides is 1. The molecule has 0 N–H and O–H groups in total. The van der Waals surface area contributed by atoms with Crippen molar-refractivity contribution in [3.05, 3.63) is 34.3 Å². The Morgan fingerprint density at radius 3 is 2.62 bits per heavy atom. The minimum absolute atomic E-state index is 0.728. The van der Waals surface area contributed by atoms with E-state index in [1.165, 1.54) is 11.1 Å². The van der Waals surface area contributed by atoms with E-state index >= 15 is 0 Å². The molecular weight excluding hydrogens is 203 g/mol. The Kier molecular flexibility index (Phi) is 4.61. The predicted molar refractivity (Wildman–Crippen MR) is 59.9 cm³/mol. The standard InChI is InChI=1S/C11H14Cl2/c1-2-9-8-11(13)6-5-10(9)4-3-7-12/h5-6,8H,2-4,7H2,1H3. The molecule has 1 aromatic rings. The van der Waals surface area contributed by atoms with Crippen molar-refractivity contribution >= 4 is 23.2 Å². The summed E-state index contributed by atoms with van der Waals surface area (Å²) >= 11 is 11.6. The van der Waals surface area contributed by atoms with Gasteiger partial charge >= 0.3 is 0 Å². The summed E-state index contributed by atoms with van der Waals surface area (Å²) in [6.07, 6.45) is 3.14. The van der Waals surface area contributed by atoms with Crippen LogP contribution in [0.15, 0.2) is 18.2 Å². The highest BCUT2D eigenvalue weighted by Gasteiger charge is 2.00. The average molecular weight is 217 g/mol. The molecule has 13 heavy (non-hydrogen) atoms. The van der Waals surface area contributed by atoms with E-state index in [-0.39, 0.29) is 0 Å². The van der Waals surface area contributed by atoms with Gasteiger partial charge in [0.05, 0.1) is 0 Å². The Morgan fingerprint density at radius 2 is 2.00 bits per heavy atom. The lowest BCUT2D eigenvalue weighted by Crippen LogP contribution is -1.93. The highest BCUT2D eigenvalue weighted by Crippen LogP contribution is 2.18.